The number of rotatable bonds is 4. The molecule has 1 fully saturated rings. The standard InChI is InChI=1S/C11H15NO4S2/c1-18(14,15)11-8-17-6-4-12(11)7-9(13)10-3-2-5-16-10/h2-3,5,11H,4,6-8H2,1H3. The van der Waals surface area contributed by atoms with E-state index in [9.17, 15) is 13.2 Å². The maximum atomic E-state index is 11.9. The number of thioether (sulfide) groups is 1. The Hall–Kier alpha value is -0.790. The van der Waals surface area contributed by atoms with E-state index < -0.39 is 15.2 Å². The highest BCUT2D eigenvalue weighted by Gasteiger charge is 2.32. The number of carbonyl (C=O) groups is 1. The van der Waals surface area contributed by atoms with Gasteiger partial charge in [-0.25, -0.2) is 8.42 Å². The summed E-state index contributed by atoms with van der Waals surface area (Å²) in [4.78, 5) is 13.6. The predicted octanol–water partition coefficient (Wildman–Crippen LogP) is 0.882. The van der Waals surface area contributed by atoms with Gasteiger partial charge in [0.25, 0.3) is 0 Å². The maximum absolute atomic E-state index is 11.9. The van der Waals surface area contributed by atoms with Crippen molar-refractivity contribution in [3.8, 4) is 0 Å². The summed E-state index contributed by atoms with van der Waals surface area (Å²) < 4.78 is 28.4. The Kier molecular flexibility index (Phi) is 4.14. The van der Waals surface area contributed by atoms with Gasteiger partial charge in [-0.05, 0) is 12.1 Å². The van der Waals surface area contributed by atoms with Crippen molar-refractivity contribution < 1.29 is 17.6 Å². The minimum atomic E-state index is -3.17. The zero-order chi connectivity index (χ0) is 13.2. The topological polar surface area (TPSA) is 67.6 Å². The summed E-state index contributed by atoms with van der Waals surface area (Å²) in [6, 6.07) is 3.24. The fraction of sp³-hybridized carbons (Fsp3) is 0.545. The molecule has 1 atom stereocenters. The molecule has 1 aromatic heterocycles. The third-order valence-corrected chi connectivity index (χ3v) is 5.51. The van der Waals surface area contributed by atoms with Crippen LogP contribution in [-0.4, -0.2) is 55.3 Å². The van der Waals surface area contributed by atoms with Crippen LogP contribution in [0.2, 0.25) is 0 Å². The van der Waals surface area contributed by atoms with Crippen molar-refractivity contribution >= 4 is 27.4 Å². The van der Waals surface area contributed by atoms with Crippen molar-refractivity contribution in [1.82, 2.24) is 4.90 Å². The molecule has 100 valence electrons. The molecular weight excluding hydrogens is 274 g/mol. The summed E-state index contributed by atoms with van der Waals surface area (Å²) >= 11 is 1.60. The molecule has 0 bridgehead atoms. The van der Waals surface area contributed by atoms with Gasteiger partial charge in [0.2, 0.25) is 5.78 Å². The van der Waals surface area contributed by atoms with Gasteiger partial charge in [0.05, 0.1) is 12.8 Å². The maximum Gasteiger partial charge on any atom is 0.211 e. The van der Waals surface area contributed by atoms with E-state index in [-0.39, 0.29) is 18.1 Å². The second-order valence-electron chi connectivity index (χ2n) is 4.23. The lowest BCUT2D eigenvalue weighted by molar-refractivity contribution is 0.0901. The number of carbonyl (C=O) groups excluding carboxylic acids is 1. The van der Waals surface area contributed by atoms with Gasteiger partial charge < -0.3 is 4.42 Å². The Balaban J connectivity index is 2.09. The minimum absolute atomic E-state index is 0.0891. The first-order valence-corrected chi connectivity index (χ1v) is 8.67. The average molecular weight is 289 g/mol. The Morgan fingerprint density at radius 1 is 1.61 bits per heavy atom. The lowest BCUT2D eigenvalue weighted by atomic mass is 10.3. The van der Waals surface area contributed by atoms with Gasteiger partial charge in [-0.1, -0.05) is 0 Å². The fourth-order valence-electron chi connectivity index (χ4n) is 1.89. The molecule has 2 heterocycles. The molecule has 0 radical (unpaired) electrons. The van der Waals surface area contributed by atoms with Crippen LogP contribution in [0.1, 0.15) is 10.6 Å². The normalized spacial score (nSPS) is 21.9. The van der Waals surface area contributed by atoms with Crippen molar-refractivity contribution in [2.75, 3.05) is 30.9 Å². The van der Waals surface area contributed by atoms with Gasteiger partial charge in [0, 0.05) is 24.3 Å². The summed E-state index contributed by atoms with van der Waals surface area (Å²) in [6.07, 6.45) is 2.65. The van der Waals surface area contributed by atoms with Gasteiger partial charge in [0.15, 0.2) is 15.6 Å². The molecular formula is C11H15NO4S2. The molecule has 1 saturated heterocycles. The Morgan fingerprint density at radius 3 is 3.00 bits per heavy atom. The highest BCUT2D eigenvalue weighted by molar-refractivity contribution is 8.00. The average Bonchev–Trinajstić information content (AvgIpc) is 2.81. The van der Waals surface area contributed by atoms with E-state index in [2.05, 4.69) is 0 Å². The minimum Gasteiger partial charge on any atom is -0.461 e. The molecule has 1 aliphatic rings. The van der Waals surface area contributed by atoms with E-state index in [0.717, 1.165) is 5.75 Å². The van der Waals surface area contributed by atoms with Gasteiger partial charge in [-0.3, -0.25) is 9.69 Å². The number of hydrogen-bond acceptors (Lipinski definition) is 6. The molecule has 18 heavy (non-hydrogen) atoms. The highest BCUT2D eigenvalue weighted by atomic mass is 32.2. The van der Waals surface area contributed by atoms with Crippen molar-refractivity contribution in [2.45, 2.75) is 5.37 Å². The number of hydrogen-bond donors (Lipinski definition) is 0. The van der Waals surface area contributed by atoms with Crippen LogP contribution < -0.4 is 0 Å². The number of furan rings is 1. The van der Waals surface area contributed by atoms with Crippen LogP contribution in [0.4, 0.5) is 0 Å². The lowest BCUT2D eigenvalue weighted by Crippen LogP contribution is -2.48. The predicted molar refractivity (Wildman–Crippen MR) is 70.6 cm³/mol. The number of ketones is 1. The zero-order valence-corrected chi connectivity index (χ0v) is 11.7. The van der Waals surface area contributed by atoms with Crippen molar-refractivity contribution in [3.63, 3.8) is 0 Å². The molecule has 7 heteroatoms. The van der Waals surface area contributed by atoms with E-state index >= 15 is 0 Å². The van der Waals surface area contributed by atoms with Crippen molar-refractivity contribution in [1.29, 1.82) is 0 Å². The molecule has 2 rings (SSSR count). The van der Waals surface area contributed by atoms with Crippen molar-refractivity contribution in [2.24, 2.45) is 0 Å². The summed E-state index contributed by atoms with van der Waals surface area (Å²) in [5.74, 6) is 1.46. The molecule has 1 unspecified atom stereocenters. The van der Waals surface area contributed by atoms with Crippen LogP contribution >= 0.6 is 11.8 Å². The third-order valence-electron chi connectivity index (χ3n) is 2.83. The monoisotopic (exact) mass is 289 g/mol. The molecule has 1 aliphatic heterocycles. The van der Waals surface area contributed by atoms with Crippen LogP contribution in [0.3, 0.4) is 0 Å². The zero-order valence-electron chi connectivity index (χ0n) is 10.0. The molecule has 0 saturated carbocycles. The van der Waals surface area contributed by atoms with E-state index in [0.29, 0.717) is 12.3 Å². The first-order chi connectivity index (χ1) is 8.48. The van der Waals surface area contributed by atoms with Gasteiger partial charge >= 0.3 is 0 Å². The molecule has 0 spiro atoms. The summed E-state index contributed by atoms with van der Waals surface area (Å²) in [5, 5.41) is -0.574. The summed E-state index contributed by atoms with van der Waals surface area (Å²) in [5.41, 5.74) is 0. The van der Waals surface area contributed by atoms with Crippen LogP contribution in [0.15, 0.2) is 22.8 Å². The van der Waals surface area contributed by atoms with Crippen molar-refractivity contribution in [3.05, 3.63) is 24.2 Å². The van der Waals surface area contributed by atoms with E-state index in [4.69, 9.17) is 4.42 Å². The third kappa shape index (κ3) is 3.15. The van der Waals surface area contributed by atoms with Crippen LogP contribution in [-0.2, 0) is 9.84 Å². The molecule has 0 aliphatic carbocycles. The van der Waals surface area contributed by atoms with Crippen LogP contribution in [0.5, 0.6) is 0 Å². The lowest BCUT2D eigenvalue weighted by Gasteiger charge is -2.33. The highest BCUT2D eigenvalue weighted by Crippen LogP contribution is 2.20. The van der Waals surface area contributed by atoms with Gasteiger partial charge in [-0.2, -0.15) is 11.8 Å². The van der Waals surface area contributed by atoms with E-state index in [1.807, 2.05) is 0 Å². The molecule has 0 aromatic carbocycles. The first kappa shape index (κ1) is 13.6. The molecule has 5 nitrogen and oxygen atoms in total. The first-order valence-electron chi connectivity index (χ1n) is 5.56. The number of sulfone groups is 1. The van der Waals surface area contributed by atoms with E-state index in [1.165, 1.54) is 12.5 Å². The Morgan fingerprint density at radius 2 is 2.39 bits per heavy atom. The second-order valence-corrected chi connectivity index (χ2v) is 7.58. The summed E-state index contributed by atoms with van der Waals surface area (Å²) in [6.45, 7) is 0.695. The van der Waals surface area contributed by atoms with Gasteiger partial charge in [0.1, 0.15) is 5.37 Å². The summed E-state index contributed by atoms with van der Waals surface area (Å²) in [7, 11) is -3.17. The molecule has 1 aromatic rings. The Labute approximate surface area is 110 Å². The quantitative estimate of drug-likeness (QED) is 0.767. The SMILES string of the molecule is CS(=O)(=O)C1CSCCN1CC(=O)c1ccco1. The largest absolute Gasteiger partial charge is 0.461 e. The van der Waals surface area contributed by atoms with Crippen LogP contribution in [0, 0.1) is 0 Å². The van der Waals surface area contributed by atoms with E-state index in [1.54, 1.807) is 28.8 Å². The number of Topliss-reactive ketones (excluding diaryl/α,β-unsaturated/α-hetero) is 1. The van der Waals surface area contributed by atoms with Gasteiger partial charge in [-0.15, -0.1) is 0 Å². The Bertz CT molecular complexity index is 509. The molecule has 0 amide bonds. The second kappa shape index (κ2) is 5.46. The smallest absolute Gasteiger partial charge is 0.211 e. The molecule has 0 N–H and O–H groups in total. The number of nitrogens with zero attached hydrogens (tertiary/aromatic N) is 1. The fourth-order valence-corrected chi connectivity index (χ4v) is 4.83. The van der Waals surface area contributed by atoms with Crippen LogP contribution in [0.25, 0.3) is 0 Å².